The van der Waals surface area contributed by atoms with Crippen LogP contribution >= 0.6 is 0 Å². The first kappa shape index (κ1) is 16.9. The Morgan fingerprint density at radius 1 is 1.12 bits per heavy atom. The molecule has 2 saturated heterocycles. The average Bonchev–Trinajstić information content (AvgIpc) is 2.62. The van der Waals surface area contributed by atoms with Gasteiger partial charge in [-0.3, -0.25) is 0 Å². The van der Waals surface area contributed by atoms with E-state index in [1.807, 2.05) is 17.0 Å². The number of hydrogen-bond acceptors (Lipinski definition) is 3. The largest absolute Gasteiger partial charge is 0.497 e. The van der Waals surface area contributed by atoms with Crippen molar-refractivity contribution in [2.24, 2.45) is 5.92 Å². The molecule has 1 N–H and O–H groups in total. The molecule has 1 atom stereocenters. The lowest BCUT2D eigenvalue weighted by Crippen LogP contribution is -2.51. The van der Waals surface area contributed by atoms with Gasteiger partial charge in [0.2, 0.25) is 0 Å². The van der Waals surface area contributed by atoms with Crippen molar-refractivity contribution in [2.75, 3.05) is 38.2 Å². The number of hydrogen-bond donors (Lipinski definition) is 1. The first-order chi connectivity index (χ1) is 11.7. The van der Waals surface area contributed by atoms with Crippen LogP contribution in [0.15, 0.2) is 24.3 Å². The zero-order valence-electron chi connectivity index (χ0n) is 14.8. The Balaban J connectivity index is 1.47. The van der Waals surface area contributed by atoms with Gasteiger partial charge in [-0.25, -0.2) is 4.79 Å². The van der Waals surface area contributed by atoms with Crippen molar-refractivity contribution in [1.82, 2.24) is 10.2 Å². The monoisotopic (exact) mass is 331 g/mol. The minimum absolute atomic E-state index is 0.129. The number of anilines is 1. The zero-order chi connectivity index (χ0) is 16.9. The van der Waals surface area contributed by atoms with E-state index >= 15 is 0 Å². The van der Waals surface area contributed by atoms with Crippen LogP contribution < -0.4 is 15.0 Å². The summed E-state index contributed by atoms with van der Waals surface area (Å²) in [5, 5.41) is 3.24. The number of urea groups is 1. The van der Waals surface area contributed by atoms with Crippen LogP contribution in [0, 0.1) is 5.92 Å². The first-order valence-electron chi connectivity index (χ1n) is 9.10. The SMILES string of the molecule is COc1ccc(N2CCC(NC(=O)N3CCC[C@H](C)C3)CC2)cc1. The average molecular weight is 331 g/mol. The van der Waals surface area contributed by atoms with Gasteiger partial charge >= 0.3 is 6.03 Å². The lowest BCUT2D eigenvalue weighted by Gasteiger charge is -2.36. The molecule has 2 aliphatic heterocycles. The van der Waals surface area contributed by atoms with Crippen molar-refractivity contribution in [3.63, 3.8) is 0 Å². The zero-order valence-corrected chi connectivity index (χ0v) is 14.8. The van der Waals surface area contributed by atoms with Gasteiger partial charge in [0.05, 0.1) is 7.11 Å². The van der Waals surface area contributed by atoms with Gasteiger partial charge in [0, 0.05) is 37.9 Å². The molecular formula is C19H29N3O2. The smallest absolute Gasteiger partial charge is 0.317 e. The maximum atomic E-state index is 12.4. The second kappa shape index (κ2) is 7.77. The van der Waals surface area contributed by atoms with E-state index in [1.54, 1.807) is 7.11 Å². The van der Waals surface area contributed by atoms with Crippen LogP contribution in [0.2, 0.25) is 0 Å². The predicted octanol–water partition coefficient (Wildman–Crippen LogP) is 3.11. The topological polar surface area (TPSA) is 44.8 Å². The van der Waals surface area contributed by atoms with Gasteiger partial charge in [-0.2, -0.15) is 0 Å². The number of benzene rings is 1. The van der Waals surface area contributed by atoms with Crippen LogP contribution in [0.3, 0.4) is 0 Å². The fraction of sp³-hybridized carbons (Fsp3) is 0.632. The summed E-state index contributed by atoms with van der Waals surface area (Å²) in [7, 11) is 1.69. The molecule has 0 unspecified atom stereocenters. The van der Waals surface area contributed by atoms with E-state index in [9.17, 15) is 4.79 Å². The van der Waals surface area contributed by atoms with Crippen LogP contribution in [0.4, 0.5) is 10.5 Å². The fourth-order valence-electron chi connectivity index (χ4n) is 3.71. The molecule has 1 aromatic carbocycles. The molecule has 2 amide bonds. The third-order valence-corrected chi connectivity index (χ3v) is 5.20. The van der Waals surface area contributed by atoms with E-state index < -0.39 is 0 Å². The van der Waals surface area contributed by atoms with Crippen molar-refractivity contribution < 1.29 is 9.53 Å². The molecule has 24 heavy (non-hydrogen) atoms. The molecule has 0 bridgehead atoms. The first-order valence-corrected chi connectivity index (χ1v) is 9.10. The number of piperidine rings is 2. The van der Waals surface area contributed by atoms with E-state index in [0.29, 0.717) is 12.0 Å². The van der Waals surface area contributed by atoms with Crippen LogP contribution in [0.1, 0.15) is 32.6 Å². The summed E-state index contributed by atoms with van der Waals surface area (Å²) >= 11 is 0. The molecule has 5 heteroatoms. The van der Waals surface area contributed by atoms with E-state index in [4.69, 9.17) is 4.74 Å². The molecular weight excluding hydrogens is 302 g/mol. The third-order valence-electron chi connectivity index (χ3n) is 5.20. The van der Waals surface area contributed by atoms with Gasteiger partial charge in [-0.1, -0.05) is 6.92 Å². The second-order valence-electron chi connectivity index (χ2n) is 7.10. The molecule has 5 nitrogen and oxygen atoms in total. The van der Waals surface area contributed by atoms with E-state index in [1.165, 1.54) is 12.1 Å². The Bertz CT molecular complexity index is 538. The van der Waals surface area contributed by atoms with Gasteiger partial charge in [0.15, 0.2) is 0 Å². The summed E-state index contributed by atoms with van der Waals surface area (Å²) in [5.41, 5.74) is 1.23. The molecule has 2 fully saturated rings. The molecule has 0 aromatic heterocycles. The lowest BCUT2D eigenvalue weighted by molar-refractivity contribution is 0.164. The van der Waals surface area contributed by atoms with Crippen LogP contribution in [-0.2, 0) is 0 Å². The highest BCUT2D eigenvalue weighted by molar-refractivity contribution is 5.74. The van der Waals surface area contributed by atoms with Gasteiger partial charge < -0.3 is 19.9 Å². The van der Waals surface area contributed by atoms with E-state index in [0.717, 1.165) is 51.2 Å². The van der Waals surface area contributed by atoms with Crippen molar-refractivity contribution >= 4 is 11.7 Å². The van der Waals surface area contributed by atoms with Gasteiger partial charge in [0.1, 0.15) is 5.75 Å². The summed E-state index contributed by atoms with van der Waals surface area (Å²) in [6.07, 6.45) is 4.37. The Morgan fingerprint density at radius 2 is 1.83 bits per heavy atom. The Morgan fingerprint density at radius 3 is 2.46 bits per heavy atom. The maximum absolute atomic E-state index is 12.4. The van der Waals surface area contributed by atoms with Gasteiger partial charge in [-0.05, 0) is 55.9 Å². The molecule has 0 spiro atoms. The highest BCUT2D eigenvalue weighted by Gasteiger charge is 2.25. The number of ether oxygens (including phenoxy) is 1. The summed E-state index contributed by atoms with van der Waals surface area (Å²) in [5.74, 6) is 1.51. The second-order valence-corrected chi connectivity index (χ2v) is 7.10. The number of rotatable bonds is 3. The van der Waals surface area contributed by atoms with Crippen molar-refractivity contribution in [3.8, 4) is 5.75 Å². The van der Waals surface area contributed by atoms with Gasteiger partial charge in [-0.15, -0.1) is 0 Å². The quantitative estimate of drug-likeness (QED) is 0.926. The molecule has 2 heterocycles. The number of carbonyl (C=O) groups excluding carboxylic acids is 1. The van der Waals surface area contributed by atoms with Crippen LogP contribution in [0.25, 0.3) is 0 Å². The minimum atomic E-state index is 0.129. The molecule has 2 aliphatic rings. The molecule has 3 rings (SSSR count). The lowest BCUT2D eigenvalue weighted by atomic mass is 10.0. The summed E-state index contributed by atoms with van der Waals surface area (Å²) in [6.45, 7) is 5.99. The summed E-state index contributed by atoms with van der Waals surface area (Å²) in [6, 6.07) is 8.63. The number of carbonyl (C=O) groups is 1. The van der Waals surface area contributed by atoms with Crippen molar-refractivity contribution in [2.45, 2.75) is 38.6 Å². The minimum Gasteiger partial charge on any atom is -0.497 e. The summed E-state index contributed by atoms with van der Waals surface area (Å²) in [4.78, 5) is 16.8. The van der Waals surface area contributed by atoms with E-state index in [2.05, 4.69) is 29.3 Å². The van der Waals surface area contributed by atoms with Gasteiger partial charge in [0.25, 0.3) is 0 Å². The fourth-order valence-corrected chi connectivity index (χ4v) is 3.71. The van der Waals surface area contributed by atoms with E-state index in [-0.39, 0.29) is 6.03 Å². The van der Waals surface area contributed by atoms with Crippen LogP contribution in [-0.4, -0.2) is 50.3 Å². The predicted molar refractivity (Wildman–Crippen MR) is 96.7 cm³/mol. The number of nitrogens with zero attached hydrogens (tertiary/aromatic N) is 2. The number of likely N-dealkylation sites (tertiary alicyclic amines) is 1. The highest BCUT2D eigenvalue weighted by Crippen LogP contribution is 2.23. The number of methoxy groups -OCH3 is 1. The Hall–Kier alpha value is -1.91. The van der Waals surface area contributed by atoms with Crippen molar-refractivity contribution in [1.29, 1.82) is 0 Å². The number of amides is 2. The molecule has 0 aliphatic carbocycles. The molecule has 0 saturated carbocycles. The Labute approximate surface area is 145 Å². The molecule has 1 aromatic rings. The summed E-state index contributed by atoms with van der Waals surface area (Å²) < 4.78 is 5.21. The van der Waals surface area contributed by atoms with Crippen molar-refractivity contribution in [3.05, 3.63) is 24.3 Å². The maximum Gasteiger partial charge on any atom is 0.317 e. The van der Waals surface area contributed by atoms with Crippen LogP contribution in [0.5, 0.6) is 5.75 Å². The standard InChI is InChI=1S/C19H29N3O2/c1-15-4-3-11-22(14-15)19(23)20-16-9-12-21(13-10-16)17-5-7-18(24-2)8-6-17/h5-8,15-16H,3-4,9-14H2,1-2H3,(H,20,23)/t15-/m0/s1. The highest BCUT2D eigenvalue weighted by atomic mass is 16.5. The number of nitrogens with one attached hydrogen (secondary N) is 1. The molecule has 132 valence electrons. The Kier molecular flexibility index (Phi) is 5.48. The molecule has 0 radical (unpaired) electrons. The normalized spacial score (nSPS) is 22.3. The third kappa shape index (κ3) is 4.13.